The molecule has 0 unspecified atom stereocenters. The number of hydrogen-bond acceptors (Lipinski definition) is 29. The van der Waals surface area contributed by atoms with Crippen molar-refractivity contribution in [3.8, 4) is 57.1 Å². The molecule has 11 bridgehead atoms. The summed E-state index contributed by atoms with van der Waals surface area (Å²) in [5, 5.41) is 130. The molecule has 0 saturated carbocycles. The summed E-state index contributed by atoms with van der Waals surface area (Å²) in [6.07, 6.45) is -15.3. The second-order valence-electron chi connectivity index (χ2n) is 30.5. The highest BCUT2D eigenvalue weighted by atomic mass is 35.5. The highest BCUT2D eigenvalue weighted by molar-refractivity contribution is 6.32. The maximum Gasteiger partial charge on any atom is 0.349 e. The first kappa shape index (κ1) is 91.6. The molecule has 18 atom stereocenters. The SMILES string of the molecule is CN[C@H](CC(C)C)C(=O)N[C@H]1C(=O)N[C@@H](CC(N)=O)C(=O)N[C@H]2C(=O)N[C@H]3C(=O)N[C@H](C(=O)N[C@@H](C(=O)NOC)c4cc(O)cc(O)c4-c4cc3ccc4O)[C@H](O)c3ccc(c(Cl)c3)Oc3cc2cc(c3O[C@@H]2O[C@H](CO)[C@@H](O)[C@H](O)[C@H]2O[C@H]2C[C@](C)(NCCn3ccc(NC(=O)/C=C/c4ccc(Cl)cc4)nc3=O)[C@H](O)[C@H](C)O2)Oc2ccc(cc2Cl)[C@H]1O. The quantitative estimate of drug-likeness (QED) is 0.0361. The molecule has 6 aromatic carbocycles. The first-order valence-electron chi connectivity index (χ1n) is 38.8. The molecule has 7 aliphatic rings. The number of carbonyl (C=O) groups is 9. The van der Waals surface area contributed by atoms with Gasteiger partial charge in [-0.3, -0.25) is 52.6 Å². The summed E-state index contributed by atoms with van der Waals surface area (Å²) in [6, 6.07) is 7.67. The van der Waals surface area contributed by atoms with E-state index in [0.717, 1.165) is 73.8 Å². The van der Waals surface area contributed by atoms with E-state index in [-0.39, 0.29) is 60.1 Å². The number of hydrogen-bond donors (Lipinski definition) is 20. The van der Waals surface area contributed by atoms with Crippen LogP contribution in [0.2, 0.25) is 15.1 Å². The maximum atomic E-state index is 16.3. The number of rotatable bonds is 21. The number of primary amides is 1. The highest BCUT2D eigenvalue weighted by Gasteiger charge is 2.52. The van der Waals surface area contributed by atoms with Crippen LogP contribution < -0.4 is 79.0 Å². The Morgan fingerprint density at radius 3 is 2.00 bits per heavy atom. The molecule has 2 fully saturated rings. The number of anilines is 1. The van der Waals surface area contributed by atoms with Crippen molar-refractivity contribution in [2.75, 3.05) is 32.6 Å². The number of halogens is 3. The molecule has 7 aliphatic heterocycles. The van der Waals surface area contributed by atoms with Crippen molar-refractivity contribution in [2.24, 2.45) is 11.7 Å². The van der Waals surface area contributed by atoms with E-state index in [1.165, 1.54) is 55.1 Å². The van der Waals surface area contributed by atoms with Crippen LogP contribution in [-0.4, -0.2) is 215 Å². The number of aliphatic hydroxyl groups excluding tert-OH is 6. The Morgan fingerprint density at radius 1 is 0.726 bits per heavy atom. The average Bonchev–Trinajstić information content (AvgIpc) is 0.764. The van der Waals surface area contributed by atoms with Crippen LogP contribution in [-0.2, 0) is 68.7 Å². The van der Waals surface area contributed by atoms with E-state index in [1.54, 1.807) is 31.2 Å². The molecule has 1 aromatic heterocycles. The van der Waals surface area contributed by atoms with Crippen LogP contribution in [0.25, 0.3) is 17.2 Å². The Balaban J connectivity index is 0.996. The fraction of sp³-hybridized carbons (Fsp3) is 0.378. The predicted octanol–water partition coefficient (Wildman–Crippen LogP) is 1.89. The smallest absolute Gasteiger partial charge is 0.349 e. The van der Waals surface area contributed by atoms with Crippen molar-refractivity contribution in [2.45, 2.75) is 163 Å². The molecular weight excluding hydrogens is 1690 g/mol. The first-order chi connectivity index (χ1) is 58.9. The zero-order valence-corrected chi connectivity index (χ0v) is 69.1. The number of nitrogens with one attached hydrogen (secondary N) is 10. The summed E-state index contributed by atoms with van der Waals surface area (Å²) < 4.78 is 40.6. The molecule has 9 amide bonds. The molecule has 124 heavy (non-hydrogen) atoms. The van der Waals surface area contributed by atoms with Crippen molar-refractivity contribution < 1.29 is 122 Å². The molecule has 7 aromatic rings. The number of phenols is 3. The zero-order chi connectivity index (χ0) is 89.6. The predicted molar refractivity (Wildman–Crippen MR) is 438 cm³/mol. The fourth-order valence-corrected chi connectivity index (χ4v) is 15.4. The number of ether oxygens (including phenoxy) is 6. The second-order valence-corrected chi connectivity index (χ2v) is 31.8. The van der Waals surface area contributed by atoms with E-state index in [1.807, 2.05) is 13.8 Å². The van der Waals surface area contributed by atoms with Crippen molar-refractivity contribution in [3.05, 3.63) is 180 Å². The van der Waals surface area contributed by atoms with E-state index < -0.39 is 254 Å². The van der Waals surface area contributed by atoms with Gasteiger partial charge in [0, 0.05) is 59.5 Å². The first-order valence-corrected chi connectivity index (χ1v) is 39.9. The number of fused-ring (bicyclic) bond motifs is 15. The molecule has 42 heteroatoms. The van der Waals surface area contributed by atoms with Crippen LogP contribution in [0.5, 0.6) is 46.0 Å². The third-order valence-electron chi connectivity index (χ3n) is 21.3. The van der Waals surface area contributed by atoms with Gasteiger partial charge < -0.3 is 128 Å². The van der Waals surface area contributed by atoms with Gasteiger partial charge in [0.05, 0.1) is 48.4 Å². The van der Waals surface area contributed by atoms with Gasteiger partial charge in [-0.1, -0.05) is 79.0 Å². The number of nitrogens with zero attached hydrogens (tertiary/aromatic N) is 2. The lowest BCUT2D eigenvalue weighted by Gasteiger charge is -2.48. The number of phenolic OH excluding ortho intramolecular Hbond substituents is 3. The molecular formula is C82H90Cl3N13O26. The number of nitrogens with two attached hydrogens (primary N) is 1. The van der Waals surface area contributed by atoms with Gasteiger partial charge in [0.15, 0.2) is 23.9 Å². The third-order valence-corrected chi connectivity index (χ3v) is 22.1. The Kier molecular flexibility index (Phi) is 28.8. The summed E-state index contributed by atoms with van der Waals surface area (Å²) in [6.45, 7) is 5.61. The summed E-state index contributed by atoms with van der Waals surface area (Å²) >= 11 is 20.3. The minimum absolute atomic E-state index is 0.0332. The molecule has 39 nitrogen and oxygen atoms in total. The van der Waals surface area contributed by atoms with Gasteiger partial charge >= 0.3 is 5.69 Å². The van der Waals surface area contributed by atoms with E-state index in [2.05, 4.69) is 58.3 Å². The van der Waals surface area contributed by atoms with Gasteiger partial charge in [-0.2, -0.15) is 4.98 Å². The monoisotopic (exact) mass is 1780 g/mol. The molecule has 2 saturated heterocycles. The lowest BCUT2D eigenvalue weighted by molar-refractivity contribution is -0.334. The summed E-state index contributed by atoms with van der Waals surface area (Å²) in [5.74, 6) is -16.1. The average molecular weight is 1780 g/mol. The number of hydroxylamine groups is 1. The van der Waals surface area contributed by atoms with Gasteiger partial charge in [0.25, 0.3) is 5.91 Å². The van der Waals surface area contributed by atoms with E-state index >= 15 is 24.0 Å². The van der Waals surface area contributed by atoms with Crippen molar-refractivity contribution in [1.29, 1.82) is 0 Å². The van der Waals surface area contributed by atoms with Gasteiger partial charge in [0.1, 0.15) is 101 Å². The molecule has 660 valence electrons. The number of likely N-dealkylation sites (N-methyl/N-ethyl adjacent to an activating group) is 1. The lowest BCUT2D eigenvalue weighted by Crippen LogP contribution is -2.65. The summed E-state index contributed by atoms with van der Waals surface area (Å²) in [7, 11) is 2.50. The van der Waals surface area contributed by atoms with E-state index in [0.29, 0.717) is 10.6 Å². The standard InChI is InChI=1S/C82H90Cl3N13O26/c1-34(2)23-47(87-5)73(110)95-64-66(105)38-11-16-51(45(84)25-38)120-53-27-40-28-54(70(53)124-80-71(69(108)68(107)55(33-99)122-80)123-59-32-82(4,72(109)35(3)119-59)88-20-22-98-21-19-57(91-81(98)117)90-58(104)18-9-36-7-13-41(83)14-8-36)121-52-17-12-39(26-46(52)85)67(106)65-78(115)94-63(79(116)97-118-6)44-29-42(100)30-50(102)60(44)43-24-37(10-15-49(43)101)61(75(112)96-65)93-76(113)62(40)92-74(111)48(31-56(86)103)89-77(64)114/h7-19,21,24-30,34-35,47-48,55,59,61-69,71-72,80,87-88,99-102,105-109H,20,22-23,31-33H2,1-6H3,(H2,86,103)(H,89,114)(H,92,111)(H,93,113)(H,94,115)(H,95,110)(H,96,112)(H,97,116)(H,90,91,104,117)/b18-9+/t35-,47+,48-,55+,59-,61+,62+,63+,64+,65-,66+,67+,68+,69-,71+,72+,80-,82-/m0/s1. The highest BCUT2D eigenvalue weighted by Crippen LogP contribution is 2.50. The number of aromatic hydroxyl groups is 3. The number of amides is 9. The van der Waals surface area contributed by atoms with Gasteiger partial charge in [0.2, 0.25) is 59.3 Å². The Labute approximate surface area is 720 Å². The van der Waals surface area contributed by atoms with Crippen molar-refractivity contribution in [3.63, 3.8) is 0 Å². The van der Waals surface area contributed by atoms with Crippen molar-refractivity contribution >= 4 is 99.9 Å². The van der Waals surface area contributed by atoms with Crippen LogP contribution in [0.1, 0.15) is 111 Å². The van der Waals surface area contributed by atoms with Gasteiger partial charge in [-0.25, -0.2) is 10.3 Å². The number of aromatic nitrogens is 2. The molecule has 0 spiro atoms. The molecule has 0 aliphatic carbocycles. The fourth-order valence-electron chi connectivity index (χ4n) is 14.9. The third kappa shape index (κ3) is 20.7. The number of benzene rings is 6. The lowest BCUT2D eigenvalue weighted by atomic mass is 9.85. The van der Waals surface area contributed by atoms with Crippen molar-refractivity contribution in [1.82, 2.24) is 57.6 Å². The molecule has 21 N–H and O–H groups in total. The Morgan fingerprint density at radius 2 is 1.37 bits per heavy atom. The normalized spacial score (nSPS) is 26.1. The number of carbonyl (C=O) groups excluding carboxylic acids is 9. The van der Waals surface area contributed by atoms with Crippen LogP contribution in [0, 0.1) is 5.92 Å². The van der Waals surface area contributed by atoms with Gasteiger partial charge in [-0.15, -0.1) is 0 Å². The van der Waals surface area contributed by atoms with Crippen LogP contribution in [0.4, 0.5) is 5.82 Å². The molecule has 14 rings (SSSR count). The van der Waals surface area contributed by atoms with Gasteiger partial charge in [-0.05, 0) is 145 Å². The topological polar surface area (TPSA) is 582 Å². The van der Waals surface area contributed by atoms with Crippen LogP contribution in [0.3, 0.4) is 0 Å². The second kappa shape index (κ2) is 39.1. The number of aliphatic hydroxyl groups is 6. The minimum Gasteiger partial charge on any atom is -0.508 e. The van der Waals surface area contributed by atoms with E-state index in [4.69, 9.17) is 73.8 Å². The Bertz CT molecular complexity index is 5340. The zero-order valence-electron chi connectivity index (χ0n) is 66.8. The molecule has 8 heterocycles. The minimum atomic E-state index is -2.39. The summed E-state index contributed by atoms with van der Waals surface area (Å²) in [4.78, 5) is 155. The van der Waals surface area contributed by atoms with E-state index in [9.17, 15) is 69.9 Å². The van der Waals surface area contributed by atoms with Crippen LogP contribution in [0.15, 0.2) is 126 Å². The largest absolute Gasteiger partial charge is 0.508 e. The Hall–Kier alpha value is -11.6. The maximum absolute atomic E-state index is 16.3. The molecule has 0 radical (unpaired) electrons. The van der Waals surface area contributed by atoms with Crippen LogP contribution >= 0.6 is 34.8 Å². The summed E-state index contributed by atoms with van der Waals surface area (Å²) in [5.41, 5.74) is 3.72.